The number of carbonyl (C=O) groups excluding carboxylic acids is 1. The summed E-state index contributed by atoms with van der Waals surface area (Å²) < 4.78 is 5.80. The number of nitrogens with zero attached hydrogens (tertiary/aromatic N) is 3. The van der Waals surface area contributed by atoms with E-state index in [4.69, 9.17) is 0 Å². The van der Waals surface area contributed by atoms with Crippen molar-refractivity contribution in [1.29, 1.82) is 0 Å². The molecule has 1 N–H and O–H groups in total. The minimum atomic E-state index is -0.774. The van der Waals surface area contributed by atoms with Gasteiger partial charge in [-0.25, -0.2) is 4.68 Å². The Bertz CT molecular complexity index is 824. The maximum atomic E-state index is 12.2. The summed E-state index contributed by atoms with van der Waals surface area (Å²) in [5.41, 5.74) is 0.304. The molecule has 1 unspecified atom stereocenters. The number of anilines is 1. The minimum Gasteiger partial charge on any atom is -0.363 e. The molecular formula is C14H12N4O3S. The van der Waals surface area contributed by atoms with Crippen LogP contribution in [0.5, 0.6) is 0 Å². The topological polar surface area (TPSA) is 90.0 Å². The van der Waals surface area contributed by atoms with E-state index in [1.165, 1.54) is 29.7 Å². The van der Waals surface area contributed by atoms with Gasteiger partial charge in [0.15, 0.2) is 5.82 Å². The third-order valence-corrected chi connectivity index (χ3v) is 3.93. The summed E-state index contributed by atoms with van der Waals surface area (Å²) in [5.74, 6) is -0.105. The molecule has 112 valence electrons. The van der Waals surface area contributed by atoms with Gasteiger partial charge in [0, 0.05) is 12.1 Å². The lowest BCUT2D eigenvalue weighted by Gasteiger charge is -2.13. The molecule has 0 aliphatic heterocycles. The standard InChI is InChI=1S/C14H12N4O3S/c1-9(14(20)15-12-6-7-21-17-12)18-13(19)5-4-10(16-18)11-3-2-8-22-11/h2-9H,1H3,(H,15,17,20). The zero-order chi connectivity index (χ0) is 15.5. The zero-order valence-electron chi connectivity index (χ0n) is 11.6. The molecule has 0 fully saturated rings. The van der Waals surface area contributed by atoms with E-state index in [-0.39, 0.29) is 5.56 Å². The smallest absolute Gasteiger partial charge is 0.267 e. The highest BCUT2D eigenvalue weighted by Crippen LogP contribution is 2.21. The van der Waals surface area contributed by atoms with Gasteiger partial charge in [0.1, 0.15) is 18.0 Å². The van der Waals surface area contributed by atoms with Crippen molar-refractivity contribution >= 4 is 23.1 Å². The first kappa shape index (κ1) is 14.2. The molecule has 0 bridgehead atoms. The van der Waals surface area contributed by atoms with E-state index in [9.17, 15) is 9.59 Å². The van der Waals surface area contributed by atoms with Crippen LogP contribution in [0.1, 0.15) is 13.0 Å². The molecule has 0 aromatic carbocycles. The summed E-state index contributed by atoms with van der Waals surface area (Å²) in [6.07, 6.45) is 1.35. The van der Waals surface area contributed by atoms with Crippen molar-refractivity contribution < 1.29 is 9.32 Å². The largest absolute Gasteiger partial charge is 0.363 e. The van der Waals surface area contributed by atoms with Crippen LogP contribution in [0.4, 0.5) is 5.82 Å². The van der Waals surface area contributed by atoms with Gasteiger partial charge in [-0.2, -0.15) is 5.10 Å². The Morgan fingerprint density at radius 1 is 1.36 bits per heavy atom. The number of nitrogens with one attached hydrogen (secondary N) is 1. The molecule has 8 heteroatoms. The van der Waals surface area contributed by atoms with Crippen LogP contribution >= 0.6 is 11.3 Å². The normalized spacial score (nSPS) is 12.0. The number of carbonyl (C=O) groups is 1. The van der Waals surface area contributed by atoms with E-state index in [1.54, 1.807) is 13.0 Å². The van der Waals surface area contributed by atoms with E-state index in [0.717, 1.165) is 9.56 Å². The van der Waals surface area contributed by atoms with Crippen LogP contribution in [-0.4, -0.2) is 20.8 Å². The number of amides is 1. The molecule has 3 aromatic heterocycles. The molecule has 1 atom stereocenters. The number of thiophene rings is 1. The van der Waals surface area contributed by atoms with Crippen LogP contribution in [0.3, 0.4) is 0 Å². The van der Waals surface area contributed by atoms with Gasteiger partial charge in [-0.15, -0.1) is 11.3 Å². The van der Waals surface area contributed by atoms with Crippen LogP contribution in [0.15, 0.2) is 51.3 Å². The first-order valence-electron chi connectivity index (χ1n) is 6.50. The molecule has 3 aromatic rings. The van der Waals surface area contributed by atoms with Gasteiger partial charge in [-0.3, -0.25) is 9.59 Å². The molecule has 0 saturated carbocycles. The van der Waals surface area contributed by atoms with Gasteiger partial charge in [0.2, 0.25) is 5.91 Å². The predicted molar refractivity (Wildman–Crippen MR) is 81.7 cm³/mol. The highest BCUT2D eigenvalue weighted by Gasteiger charge is 2.19. The van der Waals surface area contributed by atoms with Crippen LogP contribution in [0, 0.1) is 0 Å². The van der Waals surface area contributed by atoms with E-state index in [0.29, 0.717) is 11.5 Å². The van der Waals surface area contributed by atoms with Crippen molar-refractivity contribution in [3.05, 3.63) is 52.3 Å². The van der Waals surface area contributed by atoms with Crippen LogP contribution in [0.2, 0.25) is 0 Å². The highest BCUT2D eigenvalue weighted by molar-refractivity contribution is 7.13. The molecule has 0 radical (unpaired) electrons. The number of hydrogen-bond acceptors (Lipinski definition) is 6. The van der Waals surface area contributed by atoms with Crippen molar-refractivity contribution in [3.8, 4) is 10.6 Å². The Morgan fingerprint density at radius 3 is 2.91 bits per heavy atom. The van der Waals surface area contributed by atoms with Crippen molar-refractivity contribution in [3.63, 3.8) is 0 Å². The van der Waals surface area contributed by atoms with Crippen molar-refractivity contribution in [2.75, 3.05) is 5.32 Å². The third-order valence-electron chi connectivity index (χ3n) is 3.03. The van der Waals surface area contributed by atoms with Crippen molar-refractivity contribution in [2.24, 2.45) is 0 Å². The van der Waals surface area contributed by atoms with E-state index >= 15 is 0 Å². The SMILES string of the molecule is CC(C(=O)Nc1ccon1)n1nc(-c2cccs2)ccc1=O. The highest BCUT2D eigenvalue weighted by atomic mass is 32.1. The fourth-order valence-corrected chi connectivity index (χ4v) is 2.57. The first-order valence-corrected chi connectivity index (χ1v) is 7.38. The fourth-order valence-electron chi connectivity index (χ4n) is 1.88. The Morgan fingerprint density at radius 2 is 2.23 bits per heavy atom. The molecule has 0 saturated heterocycles. The summed E-state index contributed by atoms with van der Waals surface area (Å²) in [7, 11) is 0. The van der Waals surface area contributed by atoms with E-state index < -0.39 is 11.9 Å². The summed E-state index contributed by atoms with van der Waals surface area (Å²) >= 11 is 1.51. The zero-order valence-corrected chi connectivity index (χ0v) is 12.4. The lowest BCUT2D eigenvalue weighted by molar-refractivity contribution is -0.119. The molecule has 3 heterocycles. The van der Waals surface area contributed by atoms with E-state index in [1.807, 2.05) is 17.5 Å². The number of rotatable bonds is 4. The molecule has 0 aliphatic carbocycles. The Kier molecular flexibility index (Phi) is 3.84. The van der Waals surface area contributed by atoms with Crippen molar-refractivity contribution in [1.82, 2.24) is 14.9 Å². The van der Waals surface area contributed by atoms with E-state index in [2.05, 4.69) is 20.1 Å². The molecule has 0 aliphatic rings. The average molecular weight is 316 g/mol. The van der Waals surface area contributed by atoms with Gasteiger partial charge < -0.3 is 9.84 Å². The second kappa shape index (κ2) is 5.94. The lowest BCUT2D eigenvalue weighted by atomic mass is 10.3. The van der Waals surface area contributed by atoms with Gasteiger partial charge >= 0.3 is 0 Å². The molecule has 7 nitrogen and oxygen atoms in total. The first-order chi connectivity index (χ1) is 10.6. The summed E-state index contributed by atoms with van der Waals surface area (Å²) in [4.78, 5) is 25.1. The minimum absolute atomic E-state index is 0.291. The van der Waals surface area contributed by atoms with Crippen molar-refractivity contribution in [2.45, 2.75) is 13.0 Å². The second-order valence-electron chi connectivity index (χ2n) is 4.53. The quantitative estimate of drug-likeness (QED) is 0.796. The Hall–Kier alpha value is -2.74. The lowest BCUT2D eigenvalue weighted by Crippen LogP contribution is -2.33. The molecule has 3 rings (SSSR count). The van der Waals surface area contributed by atoms with Gasteiger partial charge in [0.05, 0.1) is 4.88 Å². The molecule has 1 amide bonds. The van der Waals surface area contributed by atoms with Gasteiger partial charge in [0.25, 0.3) is 5.56 Å². The monoisotopic (exact) mass is 316 g/mol. The maximum absolute atomic E-state index is 12.2. The molecule has 0 spiro atoms. The molecular weight excluding hydrogens is 304 g/mol. The van der Waals surface area contributed by atoms with Crippen LogP contribution in [-0.2, 0) is 4.79 Å². The summed E-state index contributed by atoms with van der Waals surface area (Å²) in [6, 6.07) is 7.60. The average Bonchev–Trinajstić information content (AvgIpc) is 3.20. The van der Waals surface area contributed by atoms with Crippen LogP contribution in [0.25, 0.3) is 10.6 Å². The van der Waals surface area contributed by atoms with Gasteiger partial charge in [-0.1, -0.05) is 11.2 Å². The third kappa shape index (κ3) is 2.82. The Balaban J connectivity index is 1.88. The molecule has 22 heavy (non-hydrogen) atoms. The second-order valence-corrected chi connectivity index (χ2v) is 5.48. The maximum Gasteiger partial charge on any atom is 0.267 e. The number of hydrogen-bond donors (Lipinski definition) is 1. The summed E-state index contributed by atoms with van der Waals surface area (Å²) in [6.45, 7) is 1.60. The van der Waals surface area contributed by atoms with Gasteiger partial charge in [-0.05, 0) is 24.4 Å². The van der Waals surface area contributed by atoms with Crippen LogP contribution < -0.4 is 10.9 Å². The summed E-state index contributed by atoms with van der Waals surface area (Å²) in [5, 5.41) is 12.4. The predicted octanol–water partition coefficient (Wildman–Crippen LogP) is 2.16. The fraction of sp³-hybridized carbons (Fsp3) is 0.143. The Labute approximate surface area is 129 Å². The number of aromatic nitrogens is 3.